The third-order valence-electron chi connectivity index (χ3n) is 5.57. The Bertz CT molecular complexity index is 891. The van der Waals surface area contributed by atoms with Gasteiger partial charge in [-0.15, -0.1) is 0 Å². The zero-order valence-corrected chi connectivity index (χ0v) is 16.8. The maximum Gasteiger partial charge on any atom is 0.349 e. The normalized spacial score (nSPS) is 16.7. The van der Waals surface area contributed by atoms with Gasteiger partial charge in [-0.1, -0.05) is 37.1 Å². The monoisotopic (exact) mass is 398 g/mol. The molecule has 28 heavy (non-hydrogen) atoms. The maximum absolute atomic E-state index is 12.7. The summed E-state index contributed by atoms with van der Waals surface area (Å²) in [5.74, 6) is 0.368. The number of thioether (sulfide) groups is 1. The predicted octanol–water partition coefficient (Wildman–Crippen LogP) is 2.72. The molecule has 0 spiro atoms. The van der Waals surface area contributed by atoms with Gasteiger partial charge in [0.25, 0.3) is 0 Å². The number of carbonyl (C=O) groups excluding carboxylic acids is 1. The van der Waals surface area contributed by atoms with E-state index in [0.29, 0.717) is 18.3 Å². The average Bonchev–Trinajstić information content (AvgIpc) is 3.20. The molecule has 2 aliphatic rings. The van der Waals surface area contributed by atoms with E-state index in [2.05, 4.69) is 15.3 Å². The summed E-state index contributed by atoms with van der Waals surface area (Å²) in [6.07, 6.45) is 12.2. The largest absolute Gasteiger partial charge is 0.353 e. The minimum atomic E-state index is -0.236. The summed E-state index contributed by atoms with van der Waals surface area (Å²) >= 11 is 1.40. The first-order valence-corrected chi connectivity index (χ1v) is 11.1. The van der Waals surface area contributed by atoms with Gasteiger partial charge < -0.3 is 5.32 Å². The van der Waals surface area contributed by atoms with Crippen LogP contribution in [0, 0.1) is 0 Å². The number of amides is 1. The van der Waals surface area contributed by atoms with Crippen LogP contribution in [-0.2, 0) is 24.2 Å². The molecule has 1 N–H and O–H groups in total. The van der Waals surface area contributed by atoms with Crippen LogP contribution < -0.4 is 11.0 Å². The highest BCUT2D eigenvalue weighted by Gasteiger charge is 2.23. The Morgan fingerprint density at radius 1 is 1.21 bits per heavy atom. The van der Waals surface area contributed by atoms with Crippen molar-refractivity contribution in [3.8, 4) is 0 Å². The van der Waals surface area contributed by atoms with Crippen molar-refractivity contribution in [2.24, 2.45) is 0 Å². The second kappa shape index (κ2) is 8.90. The molecule has 0 bridgehead atoms. The van der Waals surface area contributed by atoms with Gasteiger partial charge in [0.1, 0.15) is 5.03 Å². The molecular formula is C21H26N4O2S. The lowest BCUT2D eigenvalue weighted by molar-refractivity contribution is -0.119. The molecule has 7 heteroatoms. The number of hydrogen-bond donors (Lipinski definition) is 1. The quantitative estimate of drug-likeness (QED) is 0.598. The average molecular weight is 399 g/mol. The van der Waals surface area contributed by atoms with Crippen LogP contribution in [0.25, 0.3) is 0 Å². The number of carbonyl (C=O) groups is 1. The van der Waals surface area contributed by atoms with Gasteiger partial charge in [-0.05, 0) is 43.7 Å². The molecule has 1 fully saturated rings. The Balaban J connectivity index is 1.46. The van der Waals surface area contributed by atoms with Gasteiger partial charge in [0, 0.05) is 29.7 Å². The van der Waals surface area contributed by atoms with E-state index in [4.69, 9.17) is 0 Å². The van der Waals surface area contributed by atoms with E-state index in [1.807, 2.05) is 12.1 Å². The number of fused-ring (bicyclic) bond motifs is 1. The van der Waals surface area contributed by atoms with E-state index in [1.165, 1.54) is 31.0 Å². The summed E-state index contributed by atoms with van der Waals surface area (Å²) in [5, 5.41) is 3.87. The number of pyridine rings is 1. The van der Waals surface area contributed by atoms with Gasteiger partial charge >= 0.3 is 5.69 Å². The van der Waals surface area contributed by atoms with Crippen molar-refractivity contribution in [3.63, 3.8) is 0 Å². The third-order valence-corrected chi connectivity index (χ3v) is 6.59. The van der Waals surface area contributed by atoms with Crippen LogP contribution in [0.1, 0.15) is 55.3 Å². The number of nitrogens with zero attached hydrogens (tertiary/aromatic N) is 3. The summed E-state index contributed by atoms with van der Waals surface area (Å²) in [5.41, 5.74) is 2.96. The van der Waals surface area contributed by atoms with Crippen LogP contribution in [0.5, 0.6) is 0 Å². The molecule has 2 aromatic rings. The molecule has 1 saturated carbocycles. The molecular weight excluding hydrogens is 372 g/mol. The predicted molar refractivity (Wildman–Crippen MR) is 110 cm³/mol. The number of rotatable bonds is 6. The van der Waals surface area contributed by atoms with E-state index >= 15 is 0 Å². The van der Waals surface area contributed by atoms with Crippen molar-refractivity contribution in [3.05, 3.63) is 51.8 Å². The van der Waals surface area contributed by atoms with Crippen LogP contribution in [0.3, 0.4) is 0 Å². The van der Waals surface area contributed by atoms with E-state index in [-0.39, 0.29) is 11.6 Å². The number of nitrogens with one attached hydrogen (secondary N) is 1. The molecule has 0 saturated heterocycles. The van der Waals surface area contributed by atoms with E-state index in [0.717, 1.165) is 54.0 Å². The highest BCUT2D eigenvalue weighted by atomic mass is 32.2. The highest BCUT2D eigenvalue weighted by Crippen LogP contribution is 2.29. The van der Waals surface area contributed by atoms with Crippen LogP contribution in [0.4, 0.5) is 0 Å². The number of aromatic nitrogens is 3. The third kappa shape index (κ3) is 4.46. The molecule has 0 aromatic carbocycles. The molecule has 0 unspecified atom stereocenters. The molecule has 148 valence electrons. The fourth-order valence-electron chi connectivity index (χ4n) is 4.19. The highest BCUT2D eigenvalue weighted by molar-refractivity contribution is 7.99. The Hall–Kier alpha value is -2.15. The van der Waals surface area contributed by atoms with E-state index in [9.17, 15) is 9.59 Å². The van der Waals surface area contributed by atoms with Gasteiger partial charge in [0.2, 0.25) is 5.91 Å². The standard InChI is InChI=1S/C21H26N4O2S/c26-19(23-16-7-2-1-3-8-16)14-28-20-17-9-4-10-18(17)25(21(27)24-20)13-15-6-5-11-22-12-15/h5-6,11-12,16H,1-4,7-10,13-14H2,(H,23,26). The van der Waals surface area contributed by atoms with Crippen molar-refractivity contribution >= 4 is 17.7 Å². The molecule has 1 amide bonds. The fraction of sp³-hybridized carbons (Fsp3) is 0.524. The van der Waals surface area contributed by atoms with Crippen LogP contribution in [0.15, 0.2) is 34.3 Å². The summed E-state index contributed by atoms with van der Waals surface area (Å²) in [4.78, 5) is 33.5. The van der Waals surface area contributed by atoms with Crippen molar-refractivity contribution < 1.29 is 4.79 Å². The van der Waals surface area contributed by atoms with Crippen molar-refractivity contribution in [2.45, 2.75) is 69.0 Å². The van der Waals surface area contributed by atoms with Crippen LogP contribution in [0.2, 0.25) is 0 Å². The minimum absolute atomic E-state index is 0.0463. The van der Waals surface area contributed by atoms with Crippen molar-refractivity contribution in [2.75, 3.05) is 5.75 Å². The van der Waals surface area contributed by atoms with Gasteiger partial charge in [0.15, 0.2) is 0 Å². The second-order valence-electron chi connectivity index (χ2n) is 7.62. The smallest absolute Gasteiger partial charge is 0.349 e. The Kier molecular flexibility index (Phi) is 6.10. The first kappa shape index (κ1) is 19.2. The summed E-state index contributed by atoms with van der Waals surface area (Å²) in [6, 6.07) is 4.16. The van der Waals surface area contributed by atoms with Crippen LogP contribution in [-0.4, -0.2) is 32.2 Å². The van der Waals surface area contributed by atoms with Gasteiger partial charge in [0.05, 0.1) is 12.3 Å². The maximum atomic E-state index is 12.7. The first-order valence-electron chi connectivity index (χ1n) is 10.1. The molecule has 0 atom stereocenters. The van der Waals surface area contributed by atoms with E-state index in [1.54, 1.807) is 17.0 Å². The first-order chi connectivity index (χ1) is 13.7. The number of hydrogen-bond acceptors (Lipinski definition) is 5. The summed E-state index contributed by atoms with van der Waals surface area (Å²) < 4.78 is 1.77. The molecule has 6 nitrogen and oxygen atoms in total. The lowest BCUT2D eigenvalue weighted by Gasteiger charge is -2.22. The van der Waals surface area contributed by atoms with Gasteiger partial charge in [-0.3, -0.25) is 14.3 Å². The lowest BCUT2D eigenvalue weighted by atomic mass is 9.95. The molecule has 2 heterocycles. The summed E-state index contributed by atoms with van der Waals surface area (Å²) in [6.45, 7) is 0.495. The Labute approximate surface area is 169 Å². The molecule has 4 rings (SSSR count). The molecule has 2 aromatic heterocycles. The molecule has 0 aliphatic heterocycles. The van der Waals surface area contributed by atoms with Crippen molar-refractivity contribution in [1.82, 2.24) is 19.9 Å². The van der Waals surface area contributed by atoms with E-state index < -0.39 is 0 Å². The Morgan fingerprint density at radius 3 is 2.86 bits per heavy atom. The Morgan fingerprint density at radius 2 is 2.07 bits per heavy atom. The van der Waals surface area contributed by atoms with Crippen molar-refractivity contribution in [1.29, 1.82) is 0 Å². The topological polar surface area (TPSA) is 76.9 Å². The molecule has 0 radical (unpaired) electrons. The van der Waals surface area contributed by atoms with Gasteiger partial charge in [-0.2, -0.15) is 4.98 Å². The van der Waals surface area contributed by atoms with Crippen LogP contribution >= 0.6 is 11.8 Å². The second-order valence-corrected chi connectivity index (χ2v) is 8.58. The fourth-order valence-corrected chi connectivity index (χ4v) is 5.08. The van der Waals surface area contributed by atoms with Gasteiger partial charge in [-0.25, -0.2) is 4.79 Å². The zero-order valence-electron chi connectivity index (χ0n) is 16.0. The zero-order chi connectivity index (χ0) is 19.3. The minimum Gasteiger partial charge on any atom is -0.353 e. The summed E-state index contributed by atoms with van der Waals surface area (Å²) in [7, 11) is 0. The lowest BCUT2D eigenvalue weighted by Crippen LogP contribution is -2.37. The SMILES string of the molecule is O=C(CSc1nc(=O)n(Cc2cccnc2)c2c1CCC2)NC1CCCCC1. The molecule has 2 aliphatic carbocycles.